The largest absolute Gasteiger partial charge is 0.484 e. The highest BCUT2D eigenvalue weighted by molar-refractivity contribution is 5.91. The molecule has 0 saturated heterocycles. The van der Waals surface area contributed by atoms with Gasteiger partial charge in [-0.15, -0.1) is 10.2 Å². The number of aryl methyl sites for hydroxylation is 2. The highest BCUT2D eigenvalue weighted by Crippen LogP contribution is 2.21. The van der Waals surface area contributed by atoms with Crippen molar-refractivity contribution in [2.45, 2.75) is 26.7 Å². The van der Waals surface area contributed by atoms with Gasteiger partial charge in [-0.3, -0.25) is 4.79 Å². The van der Waals surface area contributed by atoms with Gasteiger partial charge in [0, 0.05) is 17.7 Å². The van der Waals surface area contributed by atoms with Crippen LogP contribution in [0, 0.1) is 0 Å². The number of carbonyl (C=O) groups is 1. The highest BCUT2D eigenvalue weighted by Gasteiger charge is 2.08. The van der Waals surface area contributed by atoms with Crippen LogP contribution in [0.2, 0.25) is 0 Å². The van der Waals surface area contributed by atoms with E-state index in [0.29, 0.717) is 24.0 Å². The summed E-state index contributed by atoms with van der Waals surface area (Å²) >= 11 is 0. The Kier molecular flexibility index (Phi) is 5.63. The first-order valence-corrected chi connectivity index (χ1v) is 8.62. The third-order valence-electron chi connectivity index (χ3n) is 3.89. The number of carbonyl (C=O) groups excluding carboxylic acids is 1. The number of benzene rings is 2. The van der Waals surface area contributed by atoms with E-state index in [0.717, 1.165) is 17.7 Å². The molecule has 3 rings (SSSR count). The van der Waals surface area contributed by atoms with Crippen LogP contribution in [0.1, 0.15) is 25.3 Å². The number of ether oxygens (including phenoxy) is 1. The fourth-order valence-corrected chi connectivity index (χ4v) is 2.38. The first-order chi connectivity index (χ1) is 12.7. The molecule has 1 heterocycles. The highest BCUT2D eigenvalue weighted by atomic mass is 16.5. The monoisotopic (exact) mass is 351 g/mol. The molecule has 0 aliphatic heterocycles. The lowest BCUT2D eigenvalue weighted by molar-refractivity contribution is -0.118. The van der Waals surface area contributed by atoms with Crippen LogP contribution in [0.5, 0.6) is 5.75 Å². The van der Waals surface area contributed by atoms with Crippen molar-refractivity contribution in [3.05, 3.63) is 60.0 Å². The Morgan fingerprint density at radius 3 is 2.35 bits per heavy atom. The Bertz CT molecular complexity index is 855. The molecule has 2 aromatic carbocycles. The first-order valence-electron chi connectivity index (χ1n) is 8.62. The quantitative estimate of drug-likeness (QED) is 0.699. The zero-order valence-electron chi connectivity index (χ0n) is 14.9. The topological polar surface area (TPSA) is 77.2 Å². The molecule has 0 aliphatic carbocycles. The summed E-state index contributed by atoms with van der Waals surface area (Å²) in [5.41, 5.74) is 2.80. The molecule has 0 bridgehead atoms. The second-order valence-electron chi connectivity index (χ2n) is 5.77. The van der Waals surface area contributed by atoms with Gasteiger partial charge in [-0.05, 0) is 48.4 Å². The van der Waals surface area contributed by atoms with Crippen LogP contribution in [0.25, 0.3) is 11.5 Å². The van der Waals surface area contributed by atoms with Crippen LogP contribution in [0.3, 0.4) is 0 Å². The minimum absolute atomic E-state index is 0.0601. The predicted octanol–water partition coefficient (Wildman–Crippen LogP) is 3.88. The summed E-state index contributed by atoms with van der Waals surface area (Å²) in [4.78, 5) is 12.0. The maximum Gasteiger partial charge on any atom is 0.262 e. The Morgan fingerprint density at radius 1 is 1.00 bits per heavy atom. The van der Waals surface area contributed by atoms with E-state index >= 15 is 0 Å². The molecule has 1 amide bonds. The molecular weight excluding hydrogens is 330 g/mol. The van der Waals surface area contributed by atoms with Gasteiger partial charge >= 0.3 is 0 Å². The minimum atomic E-state index is -0.206. The standard InChI is InChI=1S/C20H21N3O3/c1-3-14-5-9-16(10-6-14)21-18(24)13-25-17-11-7-15(8-12-17)20-23-22-19(4-2)26-20/h5-12H,3-4,13H2,1-2H3,(H,21,24). The van der Waals surface area contributed by atoms with Crippen molar-refractivity contribution in [1.82, 2.24) is 10.2 Å². The van der Waals surface area contributed by atoms with Gasteiger partial charge in [0.2, 0.25) is 11.8 Å². The van der Waals surface area contributed by atoms with Crippen LogP contribution in [0.15, 0.2) is 52.9 Å². The van der Waals surface area contributed by atoms with Gasteiger partial charge in [0.05, 0.1) is 0 Å². The molecule has 0 aliphatic rings. The van der Waals surface area contributed by atoms with Gasteiger partial charge < -0.3 is 14.5 Å². The smallest absolute Gasteiger partial charge is 0.262 e. The number of rotatable bonds is 7. The van der Waals surface area contributed by atoms with E-state index in [2.05, 4.69) is 22.4 Å². The zero-order chi connectivity index (χ0) is 18.4. The minimum Gasteiger partial charge on any atom is -0.484 e. The second-order valence-corrected chi connectivity index (χ2v) is 5.77. The number of amides is 1. The van der Waals surface area contributed by atoms with Gasteiger partial charge in [0.15, 0.2) is 6.61 Å². The average Bonchev–Trinajstić information content (AvgIpc) is 3.17. The van der Waals surface area contributed by atoms with E-state index < -0.39 is 0 Å². The Hall–Kier alpha value is -3.15. The summed E-state index contributed by atoms with van der Waals surface area (Å²) in [7, 11) is 0. The molecule has 0 atom stereocenters. The van der Waals surface area contributed by atoms with Crippen molar-refractivity contribution in [3.8, 4) is 17.2 Å². The van der Waals surface area contributed by atoms with Crippen LogP contribution in [0.4, 0.5) is 5.69 Å². The number of nitrogens with one attached hydrogen (secondary N) is 1. The number of nitrogens with zero attached hydrogens (tertiary/aromatic N) is 2. The van der Waals surface area contributed by atoms with Crippen molar-refractivity contribution in [1.29, 1.82) is 0 Å². The summed E-state index contributed by atoms with van der Waals surface area (Å²) < 4.78 is 11.0. The number of hydrogen-bond donors (Lipinski definition) is 1. The molecule has 3 aromatic rings. The fraction of sp³-hybridized carbons (Fsp3) is 0.250. The molecule has 6 nitrogen and oxygen atoms in total. The van der Waals surface area contributed by atoms with Gasteiger partial charge in [-0.2, -0.15) is 0 Å². The molecule has 26 heavy (non-hydrogen) atoms. The van der Waals surface area contributed by atoms with Gasteiger partial charge in [-0.1, -0.05) is 26.0 Å². The predicted molar refractivity (Wildman–Crippen MR) is 99.1 cm³/mol. The molecule has 1 N–H and O–H groups in total. The lowest BCUT2D eigenvalue weighted by Gasteiger charge is -2.08. The fourth-order valence-electron chi connectivity index (χ4n) is 2.38. The third-order valence-corrected chi connectivity index (χ3v) is 3.89. The Labute approximate surface area is 152 Å². The molecule has 0 saturated carbocycles. The Morgan fingerprint density at radius 2 is 1.73 bits per heavy atom. The lowest BCUT2D eigenvalue weighted by atomic mass is 10.1. The molecule has 0 spiro atoms. The zero-order valence-corrected chi connectivity index (χ0v) is 14.9. The molecule has 1 aromatic heterocycles. The average molecular weight is 351 g/mol. The molecule has 6 heteroatoms. The SMILES string of the molecule is CCc1ccc(NC(=O)COc2ccc(-c3nnc(CC)o3)cc2)cc1. The molecule has 134 valence electrons. The van der Waals surface area contributed by atoms with Crippen molar-refractivity contribution >= 4 is 11.6 Å². The van der Waals surface area contributed by atoms with Crippen molar-refractivity contribution in [2.24, 2.45) is 0 Å². The van der Waals surface area contributed by atoms with Gasteiger partial charge in [0.25, 0.3) is 5.91 Å². The maximum absolute atomic E-state index is 12.0. The number of anilines is 1. The van der Waals surface area contributed by atoms with E-state index in [-0.39, 0.29) is 12.5 Å². The number of aromatic nitrogens is 2. The summed E-state index contributed by atoms with van der Waals surface area (Å²) in [5.74, 6) is 1.47. The molecular formula is C20H21N3O3. The van der Waals surface area contributed by atoms with E-state index in [1.807, 2.05) is 43.3 Å². The van der Waals surface area contributed by atoms with E-state index in [1.165, 1.54) is 5.56 Å². The molecule has 0 unspecified atom stereocenters. The van der Waals surface area contributed by atoms with Crippen molar-refractivity contribution in [2.75, 3.05) is 11.9 Å². The van der Waals surface area contributed by atoms with Crippen LogP contribution in [-0.2, 0) is 17.6 Å². The van der Waals surface area contributed by atoms with Crippen LogP contribution < -0.4 is 10.1 Å². The van der Waals surface area contributed by atoms with Gasteiger partial charge in [0.1, 0.15) is 5.75 Å². The first kappa shape index (κ1) is 17.7. The van der Waals surface area contributed by atoms with E-state index in [9.17, 15) is 4.79 Å². The summed E-state index contributed by atoms with van der Waals surface area (Å²) in [6.07, 6.45) is 1.67. The second kappa shape index (κ2) is 8.29. The maximum atomic E-state index is 12.0. The third kappa shape index (κ3) is 4.47. The summed E-state index contributed by atoms with van der Waals surface area (Å²) in [6.45, 7) is 3.99. The normalized spacial score (nSPS) is 10.5. The van der Waals surface area contributed by atoms with E-state index in [1.54, 1.807) is 12.1 Å². The van der Waals surface area contributed by atoms with E-state index in [4.69, 9.17) is 9.15 Å². The molecule has 0 radical (unpaired) electrons. The number of hydrogen-bond acceptors (Lipinski definition) is 5. The van der Waals surface area contributed by atoms with Gasteiger partial charge in [-0.25, -0.2) is 0 Å². The van der Waals surface area contributed by atoms with Crippen LogP contribution >= 0.6 is 0 Å². The summed E-state index contributed by atoms with van der Waals surface area (Å²) in [5, 5.41) is 10.8. The molecule has 0 fully saturated rings. The lowest BCUT2D eigenvalue weighted by Crippen LogP contribution is -2.20. The van der Waals surface area contributed by atoms with Crippen molar-refractivity contribution in [3.63, 3.8) is 0 Å². The van der Waals surface area contributed by atoms with Crippen LogP contribution in [-0.4, -0.2) is 22.7 Å². The summed E-state index contributed by atoms with van der Waals surface area (Å²) in [6, 6.07) is 15.0. The van der Waals surface area contributed by atoms with Crippen molar-refractivity contribution < 1.29 is 13.9 Å². The Balaban J connectivity index is 1.53.